The van der Waals surface area contributed by atoms with Gasteiger partial charge in [0.05, 0.1) is 29.2 Å². The summed E-state index contributed by atoms with van der Waals surface area (Å²) in [5, 5.41) is 10.3. The van der Waals surface area contributed by atoms with E-state index in [1.807, 2.05) is 67.6 Å². The second-order valence-corrected chi connectivity index (χ2v) is 12.7. The Morgan fingerprint density at radius 2 is 1.73 bits per heavy atom. The zero-order valence-corrected chi connectivity index (χ0v) is 24.4. The van der Waals surface area contributed by atoms with Crippen LogP contribution in [0.15, 0.2) is 86.0 Å². The van der Waals surface area contributed by atoms with Crippen molar-refractivity contribution in [1.29, 1.82) is 0 Å². The molecule has 2 unspecified atom stereocenters. The van der Waals surface area contributed by atoms with Gasteiger partial charge in [0.25, 0.3) is 0 Å². The van der Waals surface area contributed by atoms with Crippen molar-refractivity contribution in [3.05, 3.63) is 91.5 Å². The first kappa shape index (κ1) is 29.1. The van der Waals surface area contributed by atoms with E-state index in [9.17, 15) is 19.5 Å². The molecule has 1 N–H and O–H groups in total. The van der Waals surface area contributed by atoms with Crippen LogP contribution in [-0.2, 0) is 20.9 Å². The van der Waals surface area contributed by atoms with Gasteiger partial charge in [0.2, 0.25) is 17.7 Å². The van der Waals surface area contributed by atoms with Crippen molar-refractivity contribution in [2.24, 2.45) is 11.8 Å². The smallest absolute Gasteiger partial charge is 0.247 e. The molecule has 6 atom stereocenters. The number of aliphatic hydroxyl groups is 1. The van der Waals surface area contributed by atoms with Crippen LogP contribution in [-0.4, -0.2) is 74.4 Å². The maximum Gasteiger partial charge on any atom is 0.247 e. The number of fused-ring (bicyclic) bond motifs is 1. The van der Waals surface area contributed by atoms with E-state index >= 15 is 0 Å². The molecule has 1 spiro atoms. The van der Waals surface area contributed by atoms with Gasteiger partial charge < -0.3 is 19.8 Å². The summed E-state index contributed by atoms with van der Waals surface area (Å²) in [6.45, 7) is 10.5. The fourth-order valence-corrected chi connectivity index (χ4v) is 9.26. The molecule has 41 heavy (non-hydrogen) atoms. The molecule has 5 rings (SSSR count). The van der Waals surface area contributed by atoms with Crippen LogP contribution in [0.3, 0.4) is 0 Å². The number of hydrogen-bond acceptors (Lipinski definition) is 5. The molecule has 216 valence electrons. The van der Waals surface area contributed by atoms with Gasteiger partial charge in [-0.3, -0.25) is 14.4 Å². The molecular weight excluding hydrogens is 534 g/mol. The van der Waals surface area contributed by atoms with Gasteiger partial charge in [0.1, 0.15) is 6.04 Å². The Hall–Kier alpha value is -3.36. The fourth-order valence-electron chi connectivity index (χ4n) is 7.06. The molecule has 3 aliphatic rings. The van der Waals surface area contributed by atoms with Gasteiger partial charge in [-0.25, -0.2) is 0 Å². The van der Waals surface area contributed by atoms with Crippen molar-refractivity contribution in [1.82, 2.24) is 9.80 Å². The maximum atomic E-state index is 14.6. The molecular formula is C33H39N3O4S. The van der Waals surface area contributed by atoms with Crippen molar-refractivity contribution >= 4 is 35.2 Å². The van der Waals surface area contributed by atoms with Gasteiger partial charge in [-0.1, -0.05) is 67.6 Å². The zero-order chi connectivity index (χ0) is 29.1. The Balaban J connectivity index is 1.55. The molecule has 7 nitrogen and oxygen atoms in total. The standard InChI is InChI=1S/C33H39N3O4S/c1-4-19-34(21-23-13-9-7-10-14-23)32(40)29-33-18-17-26(41-33)27(28(33)31(39)36(29)24(6-3)22-37)30(38)35(20-5-2)25-15-11-8-12-16-25/h4-5,7-16,24,26-29,37H,1-2,6,17-22H2,3H3/t24-,26-,27+,28-,29?,33?/m0/s1. The van der Waals surface area contributed by atoms with E-state index in [-0.39, 0.29) is 29.6 Å². The third-order valence-corrected chi connectivity index (χ3v) is 10.8. The van der Waals surface area contributed by atoms with Gasteiger partial charge in [0.15, 0.2) is 0 Å². The Bertz CT molecular complexity index is 1280. The van der Waals surface area contributed by atoms with Crippen LogP contribution in [0, 0.1) is 11.8 Å². The average Bonchev–Trinajstić information content (AvgIpc) is 3.64. The minimum absolute atomic E-state index is 0.0545. The Morgan fingerprint density at radius 1 is 1.07 bits per heavy atom. The van der Waals surface area contributed by atoms with Crippen LogP contribution in [0.1, 0.15) is 31.7 Å². The molecule has 3 heterocycles. The van der Waals surface area contributed by atoms with Crippen LogP contribution in [0.2, 0.25) is 0 Å². The van der Waals surface area contributed by atoms with E-state index in [1.54, 1.807) is 38.6 Å². The zero-order valence-electron chi connectivity index (χ0n) is 23.6. The number of para-hydroxylation sites is 1. The van der Waals surface area contributed by atoms with E-state index in [4.69, 9.17) is 0 Å². The van der Waals surface area contributed by atoms with Crippen LogP contribution >= 0.6 is 11.8 Å². The summed E-state index contributed by atoms with van der Waals surface area (Å²) in [6.07, 6.45) is 5.35. The Morgan fingerprint density at radius 3 is 2.34 bits per heavy atom. The van der Waals surface area contributed by atoms with Crippen LogP contribution < -0.4 is 4.90 Å². The lowest BCUT2D eigenvalue weighted by Crippen LogP contribution is -2.57. The molecule has 3 amide bonds. The average molecular weight is 574 g/mol. The minimum atomic E-state index is -0.766. The second-order valence-electron chi connectivity index (χ2n) is 11.1. The summed E-state index contributed by atoms with van der Waals surface area (Å²) in [6, 6.07) is 18.0. The molecule has 0 aliphatic carbocycles. The predicted octanol–water partition coefficient (Wildman–Crippen LogP) is 4.28. The quantitative estimate of drug-likeness (QED) is 0.384. The first-order valence-corrected chi connectivity index (χ1v) is 15.3. The number of nitrogens with zero attached hydrogens (tertiary/aromatic N) is 3. The van der Waals surface area contributed by atoms with Crippen LogP contribution in [0.5, 0.6) is 0 Å². The Labute approximate surface area is 246 Å². The number of benzene rings is 2. The van der Waals surface area contributed by atoms with Gasteiger partial charge in [-0.05, 0) is 37.0 Å². The summed E-state index contributed by atoms with van der Waals surface area (Å²) in [5.41, 5.74) is 1.75. The van der Waals surface area contributed by atoms with Crippen molar-refractivity contribution in [3.8, 4) is 0 Å². The molecule has 0 radical (unpaired) electrons. The van der Waals surface area contributed by atoms with Crippen molar-refractivity contribution in [2.75, 3.05) is 24.6 Å². The summed E-state index contributed by atoms with van der Waals surface area (Å²) in [7, 11) is 0. The minimum Gasteiger partial charge on any atom is -0.394 e. The highest BCUT2D eigenvalue weighted by Gasteiger charge is 2.74. The first-order chi connectivity index (χ1) is 19.9. The highest BCUT2D eigenvalue weighted by atomic mass is 32.2. The first-order valence-electron chi connectivity index (χ1n) is 14.4. The van der Waals surface area contributed by atoms with E-state index in [0.717, 1.165) is 17.7 Å². The summed E-state index contributed by atoms with van der Waals surface area (Å²) < 4.78 is -0.728. The molecule has 0 saturated carbocycles. The van der Waals surface area contributed by atoms with Crippen molar-refractivity contribution in [2.45, 2.75) is 54.8 Å². The van der Waals surface area contributed by atoms with Gasteiger partial charge >= 0.3 is 0 Å². The number of carbonyl (C=O) groups excluding carboxylic acids is 3. The van der Waals surface area contributed by atoms with Crippen molar-refractivity contribution in [3.63, 3.8) is 0 Å². The number of amides is 3. The second kappa shape index (κ2) is 12.2. The normalized spacial score (nSPS) is 26.9. The SMILES string of the molecule is C=CCN(Cc1ccccc1)C(=O)C1N([C@@H](CC)CO)C(=O)[C@@H]2[C@H](C(=O)N(CC=C)c3ccccc3)[C@@H]3CCC12S3. The number of aliphatic hydroxyl groups excluding tert-OH is 1. The van der Waals surface area contributed by atoms with Gasteiger partial charge in [-0.2, -0.15) is 0 Å². The van der Waals surface area contributed by atoms with Crippen LogP contribution in [0.25, 0.3) is 0 Å². The third kappa shape index (κ3) is 5.01. The molecule has 2 bridgehead atoms. The molecule has 2 aromatic carbocycles. The van der Waals surface area contributed by atoms with Gasteiger partial charge in [0, 0.05) is 30.6 Å². The van der Waals surface area contributed by atoms with Gasteiger partial charge in [-0.15, -0.1) is 24.9 Å². The summed E-state index contributed by atoms with van der Waals surface area (Å²) in [4.78, 5) is 48.4. The number of rotatable bonds is 12. The maximum absolute atomic E-state index is 14.6. The lowest BCUT2D eigenvalue weighted by Gasteiger charge is -2.39. The number of thioether (sulfide) groups is 1. The van der Waals surface area contributed by atoms with E-state index in [2.05, 4.69) is 13.2 Å². The largest absolute Gasteiger partial charge is 0.394 e. The predicted molar refractivity (Wildman–Crippen MR) is 163 cm³/mol. The molecule has 2 aromatic rings. The molecule has 0 aromatic heterocycles. The molecule has 3 aliphatic heterocycles. The van der Waals surface area contributed by atoms with E-state index < -0.39 is 28.7 Å². The summed E-state index contributed by atoms with van der Waals surface area (Å²) >= 11 is 1.65. The molecule has 3 saturated heterocycles. The summed E-state index contributed by atoms with van der Waals surface area (Å²) in [5.74, 6) is -1.64. The fraction of sp³-hybridized carbons (Fsp3) is 0.424. The highest BCUT2D eigenvalue weighted by Crippen LogP contribution is 2.67. The highest BCUT2D eigenvalue weighted by molar-refractivity contribution is 8.02. The van der Waals surface area contributed by atoms with Crippen LogP contribution in [0.4, 0.5) is 5.69 Å². The van der Waals surface area contributed by atoms with Crippen molar-refractivity contribution < 1.29 is 19.5 Å². The molecule has 3 fully saturated rings. The third-order valence-electron chi connectivity index (χ3n) is 8.86. The monoisotopic (exact) mass is 573 g/mol. The number of anilines is 1. The lowest BCUT2D eigenvalue weighted by atomic mass is 9.70. The molecule has 8 heteroatoms. The van der Waals surface area contributed by atoms with E-state index in [1.165, 1.54) is 0 Å². The Kier molecular flexibility index (Phi) is 8.71. The lowest BCUT2D eigenvalue weighted by molar-refractivity contribution is -0.146. The number of carbonyl (C=O) groups is 3. The van der Waals surface area contributed by atoms with E-state index in [0.29, 0.717) is 32.5 Å². The number of hydrogen-bond donors (Lipinski definition) is 1. The number of likely N-dealkylation sites (tertiary alicyclic amines) is 1. The topological polar surface area (TPSA) is 81.2 Å².